The number of carbonyl (C=O) groups excluding carboxylic acids is 2. The largest absolute Gasteiger partial charge is 0.463 e. The molecule has 136 valence electrons. The lowest BCUT2D eigenvalue weighted by atomic mass is 9.76. The molecular formula is C20H17N3O4. The van der Waals surface area contributed by atoms with E-state index in [1.54, 1.807) is 29.1 Å². The van der Waals surface area contributed by atoms with Crippen LogP contribution in [0.5, 0.6) is 0 Å². The molecule has 27 heavy (non-hydrogen) atoms. The molecule has 1 amide bonds. The number of carbonyl (C=O) groups is 2. The van der Waals surface area contributed by atoms with E-state index < -0.39 is 0 Å². The van der Waals surface area contributed by atoms with Gasteiger partial charge in [-0.3, -0.25) is 9.59 Å². The molecule has 1 saturated heterocycles. The van der Waals surface area contributed by atoms with Gasteiger partial charge in [-0.05, 0) is 24.3 Å². The maximum absolute atomic E-state index is 13.0. The summed E-state index contributed by atoms with van der Waals surface area (Å²) in [5.74, 6) is 0.249. The minimum atomic E-state index is -0.230. The Morgan fingerprint density at radius 1 is 1.19 bits per heavy atom. The summed E-state index contributed by atoms with van der Waals surface area (Å²) in [6.45, 7) is 0. The quantitative estimate of drug-likeness (QED) is 0.720. The van der Waals surface area contributed by atoms with Gasteiger partial charge < -0.3 is 14.5 Å². The van der Waals surface area contributed by atoms with Crippen LogP contribution in [0.15, 0.2) is 59.2 Å². The average Bonchev–Trinajstić information content (AvgIpc) is 3.40. The lowest BCUT2D eigenvalue weighted by Gasteiger charge is -2.38. The first-order valence-electron chi connectivity index (χ1n) is 8.89. The number of nitrogens with one attached hydrogen (secondary N) is 1. The van der Waals surface area contributed by atoms with Crippen LogP contribution in [0, 0.1) is 5.92 Å². The summed E-state index contributed by atoms with van der Waals surface area (Å²) in [4.78, 5) is 24.4. The van der Waals surface area contributed by atoms with Crippen LogP contribution in [0.3, 0.4) is 0 Å². The highest BCUT2D eigenvalue weighted by atomic mass is 16.6. The minimum Gasteiger partial charge on any atom is -0.463 e. The number of para-hydroxylation sites is 1. The van der Waals surface area contributed by atoms with Gasteiger partial charge in [-0.25, -0.2) is 4.68 Å². The fourth-order valence-corrected chi connectivity index (χ4v) is 3.74. The normalized spacial score (nSPS) is 23.4. The zero-order valence-electron chi connectivity index (χ0n) is 14.4. The summed E-state index contributed by atoms with van der Waals surface area (Å²) in [6, 6.07) is 14.7. The molecule has 7 heteroatoms. The Kier molecular flexibility index (Phi) is 3.60. The van der Waals surface area contributed by atoms with Gasteiger partial charge in [0.25, 0.3) is 5.91 Å². The van der Waals surface area contributed by atoms with E-state index in [2.05, 4.69) is 10.4 Å². The molecule has 1 N–H and O–H groups in total. The van der Waals surface area contributed by atoms with Gasteiger partial charge in [0.2, 0.25) is 0 Å². The number of aromatic nitrogens is 2. The van der Waals surface area contributed by atoms with Crippen LogP contribution in [-0.4, -0.2) is 33.8 Å². The van der Waals surface area contributed by atoms with Crippen molar-refractivity contribution in [1.82, 2.24) is 15.1 Å². The maximum Gasteiger partial charge on any atom is 0.306 e. The molecule has 1 aromatic carbocycles. The topological polar surface area (TPSA) is 86.4 Å². The van der Waals surface area contributed by atoms with Crippen molar-refractivity contribution >= 4 is 11.9 Å². The highest BCUT2D eigenvalue weighted by Crippen LogP contribution is 2.39. The number of rotatable bonds is 4. The number of nitrogens with zero attached hydrogens (tertiary/aromatic N) is 2. The summed E-state index contributed by atoms with van der Waals surface area (Å²) < 4.78 is 12.2. The Hall–Kier alpha value is -3.35. The predicted octanol–water partition coefficient (Wildman–Crippen LogP) is 2.57. The lowest BCUT2D eigenvalue weighted by Crippen LogP contribution is -2.53. The third-order valence-electron chi connectivity index (χ3n) is 5.20. The third-order valence-corrected chi connectivity index (χ3v) is 5.20. The number of ether oxygens (including phenoxy) is 1. The first-order chi connectivity index (χ1) is 13.2. The highest BCUT2D eigenvalue weighted by molar-refractivity contribution is 5.94. The van der Waals surface area contributed by atoms with Crippen LogP contribution in [0.4, 0.5) is 0 Å². The van der Waals surface area contributed by atoms with E-state index >= 15 is 0 Å². The Morgan fingerprint density at radius 3 is 2.78 bits per heavy atom. The smallest absolute Gasteiger partial charge is 0.306 e. The molecule has 3 atom stereocenters. The Morgan fingerprint density at radius 2 is 2.04 bits per heavy atom. The van der Waals surface area contributed by atoms with E-state index in [4.69, 9.17) is 9.15 Å². The third kappa shape index (κ3) is 2.71. The Bertz CT molecular complexity index is 994. The number of hydrogen-bond donors (Lipinski definition) is 1. The Labute approximate surface area is 154 Å². The summed E-state index contributed by atoms with van der Waals surface area (Å²) in [7, 11) is 0. The van der Waals surface area contributed by atoms with E-state index in [0.29, 0.717) is 30.0 Å². The van der Waals surface area contributed by atoms with Crippen LogP contribution >= 0.6 is 0 Å². The first kappa shape index (κ1) is 15.9. The second-order valence-corrected chi connectivity index (χ2v) is 6.85. The van der Waals surface area contributed by atoms with E-state index in [9.17, 15) is 9.59 Å². The fraction of sp³-hybridized carbons (Fsp3) is 0.250. The maximum atomic E-state index is 13.0. The van der Waals surface area contributed by atoms with E-state index in [1.807, 2.05) is 30.3 Å². The molecule has 1 saturated carbocycles. The molecule has 2 aromatic heterocycles. The van der Waals surface area contributed by atoms with E-state index in [-0.39, 0.29) is 29.9 Å². The molecule has 1 aliphatic carbocycles. The van der Waals surface area contributed by atoms with Crippen molar-refractivity contribution in [1.29, 1.82) is 0 Å². The SMILES string of the molecule is O=C1C[C@H]2[C@H](NC(=O)c3cc(-c4ccco4)nn3-c3ccccc3)C[C@H]2O1. The molecule has 5 rings (SSSR count). The van der Waals surface area contributed by atoms with Gasteiger partial charge in [0.15, 0.2) is 5.76 Å². The van der Waals surface area contributed by atoms with Crippen molar-refractivity contribution in [3.8, 4) is 17.1 Å². The highest BCUT2D eigenvalue weighted by Gasteiger charge is 2.50. The van der Waals surface area contributed by atoms with E-state index in [1.165, 1.54) is 0 Å². The standard InChI is InChI=1S/C20H17N3O4/c24-19-9-13-14(11-18(13)27-19)21-20(25)16-10-15(17-7-4-8-26-17)22-23(16)12-5-2-1-3-6-12/h1-8,10,13-14,18H,9,11H2,(H,21,25)/t13-,14+,18+/m0/s1. The molecular weight excluding hydrogens is 346 g/mol. The van der Waals surface area contributed by atoms with Crippen LogP contribution in [0.2, 0.25) is 0 Å². The van der Waals surface area contributed by atoms with Crippen molar-refractivity contribution < 1.29 is 18.7 Å². The number of esters is 1. The van der Waals surface area contributed by atoms with Gasteiger partial charge in [0.05, 0.1) is 18.4 Å². The molecule has 2 aliphatic rings. The van der Waals surface area contributed by atoms with Crippen molar-refractivity contribution in [3.05, 3.63) is 60.5 Å². The molecule has 0 unspecified atom stereocenters. The lowest BCUT2D eigenvalue weighted by molar-refractivity contribution is -0.143. The van der Waals surface area contributed by atoms with Crippen LogP contribution in [-0.2, 0) is 9.53 Å². The second-order valence-electron chi connectivity index (χ2n) is 6.85. The zero-order chi connectivity index (χ0) is 18.4. The van der Waals surface area contributed by atoms with Crippen LogP contribution < -0.4 is 5.32 Å². The zero-order valence-corrected chi connectivity index (χ0v) is 14.4. The summed E-state index contributed by atoms with van der Waals surface area (Å²) >= 11 is 0. The first-order valence-corrected chi connectivity index (χ1v) is 8.89. The average molecular weight is 363 g/mol. The molecule has 3 aromatic rings. The van der Waals surface area contributed by atoms with Crippen molar-refractivity contribution in [3.63, 3.8) is 0 Å². The van der Waals surface area contributed by atoms with Gasteiger partial charge >= 0.3 is 5.97 Å². The van der Waals surface area contributed by atoms with E-state index in [0.717, 1.165) is 5.69 Å². The van der Waals surface area contributed by atoms with Crippen LogP contribution in [0.25, 0.3) is 17.1 Å². The predicted molar refractivity (Wildman–Crippen MR) is 95.1 cm³/mol. The summed E-state index contributed by atoms with van der Waals surface area (Å²) in [5, 5.41) is 7.59. The van der Waals surface area contributed by atoms with Gasteiger partial charge in [-0.15, -0.1) is 0 Å². The second kappa shape index (κ2) is 6.12. The van der Waals surface area contributed by atoms with Gasteiger partial charge in [0.1, 0.15) is 17.5 Å². The summed E-state index contributed by atoms with van der Waals surface area (Å²) in [6.07, 6.45) is 2.54. The summed E-state index contributed by atoms with van der Waals surface area (Å²) in [5.41, 5.74) is 1.78. The molecule has 0 bridgehead atoms. The van der Waals surface area contributed by atoms with Gasteiger partial charge in [0, 0.05) is 24.4 Å². The van der Waals surface area contributed by atoms with Crippen molar-refractivity contribution in [2.24, 2.45) is 5.92 Å². The van der Waals surface area contributed by atoms with Gasteiger partial charge in [-0.1, -0.05) is 18.2 Å². The molecule has 0 radical (unpaired) electrons. The number of furan rings is 1. The fourth-order valence-electron chi connectivity index (χ4n) is 3.74. The monoisotopic (exact) mass is 363 g/mol. The molecule has 2 fully saturated rings. The molecule has 1 aliphatic heterocycles. The Balaban J connectivity index is 1.45. The number of hydrogen-bond acceptors (Lipinski definition) is 5. The molecule has 3 heterocycles. The minimum absolute atomic E-state index is 0.0551. The van der Waals surface area contributed by atoms with Crippen molar-refractivity contribution in [2.45, 2.75) is 25.0 Å². The molecule has 7 nitrogen and oxygen atoms in total. The number of amides is 1. The molecule has 0 spiro atoms. The van der Waals surface area contributed by atoms with Gasteiger partial charge in [-0.2, -0.15) is 5.10 Å². The van der Waals surface area contributed by atoms with Crippen molar-refractivity contribution in [2.75, 3.05) is 0 Å². The van der Waals surface area contributed by atoms with Crippen LogP contribution in [0.1, 0.15) is 23.3 Å². The number of fused-ring (bicyclic) bond motifs is 1. The number of benzene rings is 1.